The quantitative estimate of drug-likeness (QED) is 0.326. The van der Waals surface area contributed by atoms with Crippen LogP contribution in [0.2, 0.25) is 0 Å². The lowest BCUT2D eigenvalue weighted by Gasteiger charge is -2.42. The Hall–Kier alpha value is -1.30. The van der Waals surface area contributed by atoms with Crippen LogP contribution in [0.1, 0.15) is 33.1 Å². The third-order valence-electron chi connectivity index (χ3n) is 3.12. The van der Waals surface area contributed by atoms with Crippen molar-refractivity contribution in [2.45, 2.75) is 44.2 Å². The van der Waals surface area contributed by atoms with Gasteiger partial charge in [0.15, 0.2) is 0 Å². The molecule has 0 aliphatic carbocycles. The Kier molecular flexibility index (Phi) is 4.95. The van der Waals surface area contributed by atoms with Crippen molar-refractivity contribution in [1.29, 1.82) is 0 Å². The number of carbonyl (C=O) groups is 1. The van der Waals surface area contributed by atoms with Crippen molar-refractivity contribution in [3.63, 3.8) is 0 Å². The van der Waals surface area contributed by atoms with Crippen LogP contribution >= 0.6 is 0 Å². The van der Waals surface area contributed by atoms with Gasteiger partial charge in [-0.25, -0.2) is 0 Å². The van der Waals surface area contributed by atoms with Gasteiger partial charge in [0.25, 0.3) is 0 Å². The van der Waals surface area contributed by atoms with Crippen molar-refractivity contribution in [3.8, 4) is 0 Å². The second kappa shape index (κ2) is 6.04. The van der Waals surface area contributed by atoms with Crippen LogP contribution in [0.3, 0.4) is 0 Å². The van der Waals surface area contributed by atoms with E-state index in [-0.39, 0.29) is 0 Å². The Bertz CT molecular complexity index is 352. The lowest BCUT2D eigenvalue weighted by molar-refractivity contribution is -0.158. The molecule has 0 spiro atoms. The number of hydrogen-bond donors (Lipinski definition) is 2. The second-order valence-electron chi connectivity index (χ2n) is 5.16. The Labute approximate surface area is 106 Å². The highest BCUT2D eigenvalue weighted by molar-refractivity contribution is 5.79. The van der Waals surface area contributed by atoms with E-state index in [2.05, 4.69) is 15.3 Å². The summed E-state index contributed by atoms with van der Waals surface area (Å²) < 4.78 is 5.55. The minimum Gasteiger partial charge on any atom is -0.480 e. The topological polar surface area (TPSA) is 107 Å². The van der Waals surface area contributed by atoms with Gasteiger partial charge in [-0.1, -0.05) is 5.11 Å². The molecule has 0 aromatic carbocycles. The van der Waals surface area contributed by atoms with Crippen LogP contribution in [0, 0.1) is 0 Å². The molecule has 2 N–H and O–H groups in total. The number of nitrogens with one attached hydrogen (secondary N) is 1. The zero-order valence-corrected chi connectivity index (χ0v) is 10.8. The first kappa shape index (κ1) is 14.8. The van der Waals surface area contributed by atoms with E-state index in [4.69, 9.17) is 10.3 Å². The molecule has 0 radical (unpaired) electrons. The first-order chi connectivity index (χ1) is 8.42. The van der Waals surface area contributed by atoms with Crippen LogP contribution < -0.4 is 5.32 Å². The standard InChI is InChI=1S/C11H20N4O3/c1-10(2)8-11(9(16)17,4-7-18-10)13-5-3-6-14-15-12/h13H,3-8H2,1-2H3,(H,16,17). The zero-order valence-electron chi connectivity index (χ0n) is 10.8. The molecule has 0 bridgehead atoms. The number of aliphatic carboxylic acids is 1. The molecule has 1 fully saturated rings. The molecular formula is C11H20N4O3. The fraction of sp³-hybridized carbons (Fsp3) is 0.909. The summed E-state index contributed by atoms with van der Waals surface area (Å²) in [5.41, 5.74) is 6.78. The average molecular weight is 256 g/mol. The van der Waals surface area contributed by atoms with Gasteiger partial charge in [0.1, 0.15) is 5.54 Å². The summed E-state index contributed by atoms with van der Waals surface area (Å²) in [6.07, 6.45) is 1.50. The number of nitrogens with zero attached hydrogens (tertiary/aromatic N) is 3. The minimum absolute atomic E-state index is 0.374. The van der Waals surface area contributed by atoms with Crippen LogP contribution in [-0.2, 0) is 9.53 Å². The highest BCUT2D eigenvalue weighted by Gasteiger charge is 2.46. The van der Waals surface area contributed by atoms with E-state index in [0.29, 0.717) is 39.0 Å². The van der Waals surface area contributed by atoms with E-state index >= 15 is 0 Å². The molecule has 1 rings (SSSR count). The summed E-state index contributed by atoms with van der Waals surface area (Å²) in [6, 6.07) is 0. The highest BCUT2D eigenvalue weighted by atomic mass is 16.5. The number of rotatable bonds is 6. The van der Waals surface area contributed by atoms with Gasteiger partial charge in [0, 0.05) is 24.5 Å². The van der Waals surface area contributed by atoms with Gasteiger partial charge in [-0.15, -0.1) is 0 Å². The number of carboxylic acid groups (broad SMARTS) is 1. The fourth-order valence-corrected chi connectivity index (χ4v) is 2.30. The zero-order chi connectivity index (χ0) is 13.6. The van der Waals surface area contributed by atoms with Crippen molar-refractivity contribution in [2.75, 3.05) is 19.7 Å². The van der Waals surface area contributed by atoms with Crippen LogP contribution in [0.4, 0.5) is 0 Å². The molecule has 18 heavy (non-hydrogen) atoms. The molecule has 102 valence electrons. The van der Waals surface area contributed by atoms with Crippen molar-refractivity contribution in [2.24, 2.45) is 5.11 Å². The molecule has 1 saturated heterocycles. The molecule has 0 aromatic rings. The van der Waals surface area contributed by atoms with Gasteiger partial charge in [-0.2, -0.15) is 0 Å². The van der Waals surface area contributed by atoms with Crippen molar-refractivity contribution < 1.29 is 14.6 Å². The molecule has 7 heteroatoms. The van der Waals surface area contributed by atoms with Gasteiger partial charge in [-0.05, 0) is 38.8 Å². The van der Waals surface area contributed by atoms with Crippen LogP contribution in [0.15, 0.2) is 5.11 Å². The average Bonchev–Trinajstić information content (AvgIpc) is 2.27. The third kappa shape index (κ3) is 3.87. The van der Waals surface area contributed by atoms with Crippen LogP contribution in [0.5, 0.6) is 0 Å². The molecule has 1 unspecified atom stereocenters. The SMILES string of the molecule is CC1(C)CC(NCCCN=[N+]=[N-])(C(=O)O)CCO1. The fourth-order valence-electron chi connectivity index (χ4n) is 2.30. The molecule has 1 aliphatic rings. The maximum Gasteiger partial charge on any atom is 0.324 e. The molecule has 7 nitrogen and oxygen atoms in total. The Morgan fingerprint density at radius 1 is 1.61 bits per heavy atom. The van der Waals surface area contributed by atoms with Gasteiger partial charge < -0.3 is 15.2 Å². The monoisotopic (exact) mass is 256 g/mol. The minimum atomic E-state index is -0.932. The normalized spacial score (nSPS) is 26.3. The predicted octanol–water partition coefficient (Wildman–Crippen LogP) is 1.69. The van der Waals surface area contributed by atoms with Crippen molar-refractivity contribution in [1.82, 2.24) is 5.32 Å². The van der Waals surface area contributed by atoms with Crippen molar-refractivity contribution in [3.05, 3.63) is 10.4 Å². The molecule has 1 aliphatic heterocycles. The van der Waals surface area contributed by atoms with E-state index in [1.165, 1.54) is 0 Å². The van der Waals surface area contributed by atoms with Crippen LogP contribution in [-0.4, -0.2) is 41.9 Å². The summed E-state index contributed by atoms with van der Waals surface area (Å²) >= 11 is 0. The van der Waals surface area contributed by atoms with E-state index in [1.54, 1.807) is 0 Å². The summed E-state index contributed by atoms with van der Waals surface area (Å²) in [7, 11) is 0. The smallest absolute Gasteiger partial charge is 0.324 e. The molecular weight excluding hydrogens is 236 g/mol. The number of hydrogen-bond acceptors (Lipinski definition) is 4. The van der Waals surface area contributed by atoms with E-state index in [9.17, 15) is 9.90 Å². The van der Waals surface area contributed by atoms with E-state index in [1.807, 2.05) is 13.8 Å². The first-order valence-electron chi connectivity index (χ1n) is 6.05. The summed E-state index contributed by atoms with van der Waals surface area (Å²) in [6.45, 7) is 5.11. The Morgan fingerprint density at radius 2 is 2.33 bits per heavy atom. The molecule has 0 saturated carbocycles. The van der Waals surface area contributed by atoms with E-state index < -0.39 is 17.1 Å². The summed E-state index contributed by atoms with van der Waals surface area (Å²) in [5, 5.41) is 15.9. The highest BCUT2D eigenvalue weighted by Crippen LogP contribution is 2.32. The maximum absolute atomic E-state index is 11.5. The van der Waals surface area contributed by atoms with Crippen molar-refractivity contribution >= 4 is 5.97 Å². The Morgan fingerprint density at radius 3 is 2.89 bits per heavy atom. The Balaban J connectivity index is 2.58. The molecule has 1 heterocycles. The largest absolute Gasteiger partial charge is 0.480 e. The van der Waals surface area contributed by atoms with Crippen LogP contribution in [0.25, 0.3) is 10.4 Å². The molecule has 0 amide bonds. The molecule has 1 atom stereocenters. The lowest BCUT2D eigenvalue weighted by atomic mass is 9.81. The predicted molar refractivity (Wildman–Crippen MR) is 66.3 cm³/mol. The van der Waals surface area contributed by atoms with E-state index in [0.717, 1.165) is 0 Å². The first-order valence-corrected chi connectivity index (χ1v) is 6.05. The molecule has 0 aromatic heterocycles. The number of carboxylic acids is 1. The van der Waals surface area contributed by atoms with Gasteiger partial charge in [0.05, 0.1) is 5.60 Å². The maximum atomic E-state index is 11.5. The summed E-state index contributed by atoms with van der Waals surface area (Å²) in [4.78, 5) is 14.1. The number of ether oxygens (including phenoxy) is 1. The van der Waals surface area contributed by atoms with Gasteiger partial charge in [-0.3, -0.25) is 4.79 Å². The number of azide groups is 1. The third-order valence-corrected chi connectivity index (χ3v) is 3.12. The van der Waals surface area contributed by atoms with Gasteiger partial charge >= 0.3 is 5.97 Å². The van der Waals surface area contributed by atoms with Gasteiger partial charge in [0.2, 0.25) is 0 Å². The summed E-state index contributed by atoms with van der Waals surface area (Å²) in [5.74, 6) is -0.845. The lowest BCUT2D eigenvalue weighted by Crippen LogP contribution is -2.59. The second-order valence-corrected chi connectivity index (χ2v) is 5.16.